The van der Waals surface area contributed by atoms with Gasteiger partial charge >= 0.3 is 0 Å². The SMILES string of the molecule is C1=Cc2ccccc2N(CC2CNCCO2)c2ccccc21. The Morgan fingerprint density at radius 1 is 0.955 bits per heavy atom. The van der Waals surface area contributed by atoms with Gasteiger partial charge in [-0.25, -0.2) is 0 Å². The van der Waals surface area contributed by atoms with E-state index in [9.17, 15) is 0 Å². The van der Waals surface area contributed by atoms with E-state index in [-0.39, 0.29) is 6.10 Å². The van der Waals surface area contributed by atoms with Crippen LogP contribution in [0, 0.1) is 0 Å². The first-order valence-corrected chi connectivity index (χ1v) is 7.88. The molecule has 22 heavy (non-hydrogen) atoms. The largest absolute Gasteiger partial charge is 0.374 e. The summed E-state index contributed by atoms with van der Waals surface area (Å²) in [5.74, 6) is 0. The maximum atomic E-state index is 5.93. The van der Waals surface area contributed by atoms with Crippen LogP contribution in [-0.4, -0.2) is 32.3 Å². The molecule has 4 rings (SSSR count). The smallest absolute Gasteiger partial charge is 0.0878 e. The zero-order valence-corrected chi connectivity index (χ0v) is 12.5. The van der Waals surface area contributed by atoms with Crippen LogP contribution in [0.15, 0.2) is 48.5 Å². The highest BCUT2D eigenvalue weighted by molar-refractivity contribution is 5.88. The van der Waals surface area contributed by atoms with Gasteiger partial charge in [-0.1, -0.05) is 48.6 Å². The van der Waals surface area contributed by atoms with E-state index in [2.05, 4.69) is 70.9 Å². The van der Waals surface area contributed by atoms with Crippen molar-refractivity contribution in [3.8, 4) is 0 Å². The number of anilines is 2. The highest BCUT2D eigenvalue weighted by Gasteiger charge is 2.22. The Hall–Kier alpha value is -2.10. The second kappa shape index (κ2) is 5.95. The topological polar surface area (TPSA) is 24.5 Å². The van der Waals surface area contributed by atoms with E-state index in [4.69, 9.17) is 4.74 Å². The molecule has 1 fully saturated rings. The number of nitrogens with zero attached hydrogens (tertiary/aromatic N) is 1. The van der Waals surface area contributed by atoms with Crippen LogP contribution in [0.5, 0.6) is 0 Å². The van der Waals surface area contributed by atoms with Crippen molar-refractivity contribution in [2.75, 3.05) is 31.1 Å². The predicted molar refractivity (Wildman–Crippen MR) is 91.4 cm³/mol. The summed E-state index contributed by atoms with van der Waals surface area (Å²) < 4.78 is 5.93. The highest BCUT2D eigenvalue weighted by Crippen LogP contribution is 2.36. The maximum absolute atomic E-state index is 5.93. The van der Waals surface area contributed by atoms with Crippen LogP contribution >= 0.6 is 0 Å². The van der Waals surface area contributed by atoms with Crippen LogP contribution in [0.3, 0.4) is 0 Å². The fourth-order valence-corrected chi connectivity index (χ4v) is 3.20. The van der Waals surface area contributed by atoms with Gasteiger partial charge < -0.3 is 15.0 Å². The molecule has 1 unspecified atom stereocenters. The number of para-hydroxylation sites is 2. The number of ether oxygens (including phenoxy) is 1. The Bertz CT molecular complexity index is 640. The van der Waals surface area contributed by atoms with Crippen molar-refractivity contribution < 1.29 is 4.74 Å². The fourth-order valence-electron chi connectivity index (χ4n) is 3.20. The van der Waals surface area contributed by atoms with E-state index in [0.717, 1.165) is 26.2 Å². The number of benzene rings is 2. The summed E-state index contributed by atoms with van der Waals surface area (Å²) in [6.45, 7) is 3.52. The van der Waals surface area contributed by atoms with E-state index in [1.54, 1.807) is 0 Å². The summed E-state index contributed by atoms with van der Waals surface area (Å²) in [6.07, 6.45) is 4.62. The standard InChI is InChI=1S/C19H20N2O/c1-3-7-18-15(5-1)9-10-16-6-2-4-8-19(16)21(18)14-17-13-20-11-12-22-17/h1-10,17,20H,11-14H2. The van der Waals surface area contributed by atoms with Gasteiger partial charge in [0.2, 0.25) is 0 Å². The first-order chi connectivity index (χ1) is 10.9. The van der Waals surface area contributed by atoms with Crippen LogP contribution in [0.4, 0.5) is 11.4 Å². The average molecular weight is 292 g/mol. The number of morpholine rings is 1. The van der Waals surface area contributed by atoms with E-state index >= 15 is 0 Å². The molecule has 0 radical (unpaired) electrons. The molecule has 1 N–H and O–H groups in total. The van der Waals surface area contributed by atoms with Crippen LogP contribution in [0.1, 0.15) is 11.1 Å². The molecule has 1 saturated heterocycles. The molecule has 112 valence electrons. The summed E-state index contributed by atoms with van der Waals surface area (Å²) >= 11 is 0. The van der Waals surface area contributed by atoms with Crippen molar-refractivity contribution in [3.63, 3.8) is 0 Å². The van der Waals surface area contributed by atoms with Gasteiger partial charge in [-0.15, -0.1) is 0 Å². The van der Waals surface area contributed by atoms with E-state index in [1.165, 1.54) is 22.5 Å². The lowest BCUT2D eigenvalue weighted by Gasteiger charge is -2.32. The highest BCUT2D eigenvalue weighted by atomic mass is 16.5. The van der Waals surface area contributed by atoms with Crippen LogP contribution < -0.4 is 10.2 Å². The van der Waals surface area contributed by atoms with Gasteiger partial charge in [0.05, 0.1) is 19.3 Å². The molecular weight excluding hydrogens is 272 g/mol. The molecule has 0 amide bonds. The lowest BCUT2D eigenvalue weighted by Crippen LogP contribution is -2.44. The van der Waals surface area contributed by atoms with Gasteiger partial charge in [-0.05, 0) is 23.3 Å². The Morgan fingerprint density at radius 3 is 2.18 bits per heavy atom. The Labute approximate surface area is 131 Å². The summed E-state index contributed by atoms with van der Waals surface area (Å²) in [4.78, 5) is 2.39. The van der Waals surface area contributed by atoms with Crippen molar-refractivity contribution >= 4 is 23.5 Å². The van der Waals surface area contributed by atoms with Gasteiger partial charge in [0.25, 0.3) is 0 Å². The minimum absolute atomic E-state index is 0.216. The molecule has 1 atom stereocenters. The number of nitrogens with one attached hydrogen (secondary N) is 1. The molecule has 2 aliphatic rings. The second-order valence-electron chi connectivity index (χ2n) is 5.76. The molecular formula is C19H20N2O. The molecule has 0 bridgehead atoms. The molecule has 2 heterocycles. The number of fused-ring (bicyclic) bond motifs is 2. The van der Waals surface area contributed by atoms with E-state index < -0.39 is 0 Å². The maximum Gasteiger partial charge on any atom is 0.0878 e. The van der Waals surface area contributed by atoms with Gasteiger partial charge in [-0.3, -0.25) is 0 Å². The Morgan fingerprint density at radius 2 is 1.59 bits per heavy atom. The van der Waals surface area contributed by atoms with Crippen LogP contribution in [-0.2, 0) is 4.74 Å². The number of rotatable bonds is 2. The normalized spacial score (nSPS) is 20.2. The third-order valence-electron chi connectivity index (χ3n) is 4.29. The molecule has 0 saturated carbocycles. The van der Waals surface area contributed by atoms with E-state index in [1.807, 2.05) is 0 Å². The minimum Gasteiger partial charge on any atom is -0.374 e. The van der Waals surface area contributed by atoms with Crippen molar-refractivity contribution in [3.05, 3.63) is 59.7 Å². The number of hydrogen-bond acceptors (Lipinski definition) is 3. The monoisotopic (exact) mass is 292 g/mol. The van der Waals surface area contributed by atoms with Crippen LogP contribution in [0.2, 0.25) is 0 Å². The molecule has 0 spiro atoms. The van der Waals surface area contributed by atoms with Gasteiger partial charge in [0.1, 0.15) is 0 Å². The Balaban J connectivity index is 1.76. The quantitative estimate of drug-likeness (QED) is 0.919. The second-order valence-corrected chi connectivity index (χ2v) is 5.76. The minimum atomic E-state index is 0.216. The molecule has 3 nitrogen and oxygen atoms in total. The van der Waals surface area contributed by atoms with Crippen molar-refractivity contribution in [2.45, 2.75) is 6.10 Å². The summed E-state index contributed by atoms with van der Waals surface area (Å²) in [7, 11) is 0. The fraction of sp³-hybridized carbons (Fsp3) is 0.263. The van der Waals surface area contributed by atoms with Crippen molar-refractivity contribution in [2.24, 2.45) is 0 Å². The molecule has 2 aromatic carbocycles. The van der Waals surface area contributed by atoms with Gasteiger partial charge in [0, 0.05) is 24.5 Å². The van der Waals surface area contributed by atoms with E-state index in [0.29, 0.717) is 0 Å². The lowest BCUT2D eigenvalue weighted by molar-refractivity contribution is 0.0346. The zero-order chi connectivity index (χ0) is 14.8. The summed E-state index contributed by atoms with van der Waals surface area (Å²) in [6, 6.07) is 17.1. The van der Waals surface area contributed by atoms with Crippen molar-refractivity contribution in [1.82, 2.24) is 5.32 Å². The third-order valence-corrected chi connectivity index (χ3v) is 4.29. The van der Waals surface area contributed by atoms with Crippen LogP contribution in [0.25, 0.3) is 12.2 Å². The van der Waals surface area contributed by atoms with Crippen molar-refractivity contribution in [1.29, 1.82) is 0 Å². The van der Waals surface area contributed by atoms with Gasteiger partial charge in [-0.2, -0.15) is 0 Å². The Kier molecular flexibility index (Phi) is 3.67. The molecule has 0 aromatic heterocycles. The first-order valence-electron chi connectivity index (χ1n) is 7.88. The predicted octanol–water partition coefficient (Wildman–Crippen LogP) is 3.30. The first kappa shape index (κ1) is 13.6. The third kappa shape index (κ3) is 2.54. The lowest BCUT2D eigenvalue weighted by atomic mass is 10.1. The average Bonchev–Trinajstić information content (AvgIpc) is 2.74. The molecule has 0 aliphatic carbocycles. The summed E-state index contributed by atoms with van der Waals surface area (Å²) in [5.41, 5.74) is 5.00. The summed E-state index contributed by atoms with van der Waals surface area (Å²) in [5, 5.41) is 3.42. The molecule has 2 aliphatic heterocycles. The zero-order valence-electron chi connectivity index (χ0n) is 12.5. The number of hydrogen-bond donors (Lipinski definition) is 1. The molecule has 3 heteroatoms. The van der Waals surface area contributed by atoms with Gasteiger partial charge in [0.15, 0.2) is 0 Å². The molecule has 2 aromatic rings.